The van der Waals surface area contributed by atoms with Crippen LogP contribution in [0.3, 0.4) is 0 Å². The molecular weight excluding hydrogens is 210 g/mol. The summed E-state index contributed by atoms with van der Waals surface area (Å²) in [5.41, 5.74) is 0. The van der Waals surface area contributed by atoms with E-state index in [0.717, 1.165) is 37.6 Å². The highest BCUT2D eigenvalue weighted by Crippen LogP contribution is 2.34. The number of rotatable bonds is 3. The smallest absolute Gasteiger partial charge is 0.137 e. The van der Waals surface area contributed by atoms with E-state index >= 15 is 0 Å². The van der Waals surface area contributed by atoms with E-state index in [0.29, 0.717) is 17.7 Å². The predicted molar refractivity (Wildman–Crippen MR) is 70.9 cm³/mol. The Balaban J connectivity index is 1.94. The van der Waals surface area contributed by atoms with Crippen LogP contribution in [0.4, 0.5) is 0 Å². The topological polar surface area (TPSA) is 29.1 Å². The maximum Gasteiger partial charge on any atom is 0.137 e. The molecule has 0 spiro atoms. The van der Waals surface area contributed by atoms with Crippen molar-refractivity contribution in [2.45, 2.75) is 64.8 Å². The fourth-order valence-electron chi connectivity index (χ4n) is 3.66. The minimum atomic E-state index is 0.322. The Morgan fingerprint density at radius 3 is 2.82 bits per heavy atom. The summed E-state index contributed by atoms with van der Waals surface area (Å²) in [6.07, 6.45) is 8.18. The number of carbonyl (C=O) groups is 1. The quantitative estimate of drug-likeness (QED) is 0.817. The van der Waals surface area contributed by atoms with Crippen LogP contribution in [0.1, 0.15) is 58.8 Å². The van der Waals surface area contributed by atoms with E-state index in [-0.39, 0.29) is 0 Å². The monoisotopic (exact) mass is 237 g/mol. The molecule has 4 atom stereocenters. The number of ketones is 1. The van der Waals surface area contributed by atoms with Crippen LogP contribution in [0.2, 0.25) is 0 Å². The van der Waals surface area contributed by atoms with Gasteiger partial charge in [-0.1, -0.05) is 26.7 Å². The summed E-state index contributed by atoms with van der Waals surface area (Å²) in [5, 5.41) is 3.59. The van der Waals surface area contributed by atoms with Gasteiger partial charge in [-0.05, 0) is 44.1 Å². The molecule has 2 fully saturated rings. The Labute approximate surface area is 106 Å². The van der Waals surface area contributed by atoms with Crippen molar-refractivity contribution >= 4 is 5.78 Å². The number of hydrogen-bond acceptors (Lipinski definition) is 2. The van der Waals surface area contributed by atoms with Crippen LogP contribution in [-0.2, 0) is 4.79 Å². The third-order valence-corrected chi connectivity index (χ3v) is 4.68. The molecule has 0 bridgehead atoms. The normalized spacial score (nSPS) is 39.3. The molecule has 1 aliphatic carbocycles. The van der Waals surface area contributed by atoms with Crippen LogP contribution >= 0.6 is 0 Å². The first-order chi connectivity index (χ1) is 8.20. The molecule has 1 heterocycles. The number of Topliss-reactive ketones (excluding diaryl/α,β-unsaturated/α-hetero) is 1. The Hall–Kier alpha value is -0.370. The van der Waals surface area contributed by atoms with Crippen LogP contribution < -0.4 is 5.32 Å². The van der Waals surface area contributed by atoms with E-state index < -0.39 is 0 Å². The Morgan fingerprint density at radius 1 is 1.29 bits per heavy atom. The average molecular weight is 237 g/mol. The van der Waals surface area contributed by atoms with Gasteiger partial charge in [-0.2, -0.15) is 0 Å². The van der Waals surface area contributed by atoms with E-state index in [2.05, 4.69) is 19.2 Å². The third kappa shape index (κ3) is 3.31. The molecule has 4 unspecified atom stereocenters. The number of hydrogen-bond donors (Lipinski definition) is 1. The van der Waals surface area contributed by atoms with Gasteiger partial charge in [-0.3, -0.25) is 4.79 Å². The van der Waals surface area contributed by atoms with E-state index in [9.17, 15) is 4.79 Å². The molecular formula is C15H27NO. The molecule has 0 aromatic heterocycles. The molecule has 17 heavy (non-hydrogen) atoms. The lowest BCUT2D eigenvalue weighted by Crippen LogP contribution is -2.47. The summed E-state index contributed by atoms with van der Waals surface area (Å²) in [6, 6.07) is 0.478. The van der Waals surface area contributed by atoms with Crippen molar-refractivity contribution in [3.05, 3.63) is 0 Å². The van der Waals surface area contributed by atoms with E-state index in [4.69, 9.17) is 0 Å². The first kappa shape index (κ1) is 13.1. The summed E-state index contributed by atoms with van der Waals surface area (Å²) in [7, 11) is 0. The van der Waals surface area contributed by atoms with Gasteiger partial charge in [0.25, 0.3) is 0 Å². The molecule has 1 saturated carbocycles. The second kappa shape index (κ2) is 5.99. The van der Waals surface area contributed by atoms with Gasteiger partial charge in [0.1, 0.15) is 5.78 Å². The van der Waals surface area contributed by atoms with Gasteiger partial charge >= 0.3 is 0 Å². The second-order valence-corrected chi connectivity index (χ2v) is 6.19. The maximum atomic E-state index is 12.1. The largest absolute Gasteiger partial charge is 0.313 e. The van der Waals surface area contributed by atoms with Crippen molar-refractivity contribution in [3.8, 4) is 0 Å². The third-order valence-electron chi connectivity index (χ3n) is 4.68. The fourth-order valence-corrected chi connectivity index (χ4v) is 3.66. The van der Waals surface area contributed by atoms with Crippen LogP contribution in [0.25, 0.3) is 0 Å². The van der Waals surface area contributed by atoms with Crippen molar-refractivity contribution in [3.63, 3.8) is 0 Å². The molecule has 2 rings (SSSR count). The molecule has 1 saturated heterocycles. The predicted octanol–water partition coefficient (Wildman–Crippen LogP) is 3.16. The van der Waals surface area contributed by atoms with Gasteiger partial charge in [0.05, 0.1) is 0 Å². The fraction of sp³-hybridized carbons (Fsp3) is 0.933. The zero-order valence-corrected chi connectivity index (χ0v) is 11.4. The lowest BCUT2D eigenvalue weighted by Gasteiger charge is -2.37. The summed E-state index contributed by atoms with van der Waals surface area (Å²) < 4.78 is 0. The molecule has 0 radical (unpaired) electrons. The standard InChI is InChI=1S/C15H27NO/c1-3-4-12-5-6-15(17)13(10-12)14-9-11(2)7-8-16-14/h11-14,16H,3-10H2,1-2H3. The summed E-state index contributed by atoms with van der Waals surface area (Å²) in [6.45, 7) is 5.69. The summed E-state index contributed by atoms with van der Waals surface area (Å²) in [5.74, 6) is 2.45. The molecule has 0 aromatic carbocycles. The van der Waals surface area contributed by atoms with Gasteiger partial charge in [0.2, 0.25) is 0 Å². The second-order valence-electron chi connectivity index (χ2n) is 6.19. The number of nitrogens with one attached hydrogen (secondary N) is 1. The Morgan fingerprint density at radius 2 is 2.12 bits per heavy atom. The first-order valence-corrected chi connectivity index (χ1v) is 7.46. The summed E-state index contributed by atoms with van der Waals surface area (Å²) >= 11 is 0. The van der Waals surface area contributed by atoms with Crippen LogP contribution in [-0.4, -0.2) is 18.4 Å². The maximum absolute atomic E-state index is 12.1. The van der Waals surface area contributed by atoms with Crippen LogP contribution in [0, 0.1) is 17.8 Å². The molecule has 98 valence electrons. The molecule has 2 nitrogen and oxygen atoms in total. The number of piperidine rings is 1. The highest BCUT2D eigenvalue weighted by atomic mass is 16.1. The van der Waals surface area contributed by atoms with Crippen molar-refractivity contribution in [1.82, 2.24) is 5.32 Å². The minimum absolute atomic E-state index is 0.322. The van der Waals surface area contributed by atoms with Crippen molar-refractivity contribution in [2.24, 2.45) is 17.8 Å². The van der Waals surface area contributed by atoms with Gasteiger partial charge in [0.15, 0.2) is 0 Å². The van der Waals surface area contributed by atoms with Crippen molar-refractivity contribution in [1.29, 1.82) is 0 Å². The highest BCUT2D eigenvalue weighted by molar-refractivity contribution is 5.82. The van der Waals surface area contributed by atoms with E-state index in [1.165, 1.54) is 25.7 Å². The van der Waals surface area contributed by atoms with Gasteiger partial charge in [-0.15, -0.1) is 0 Å². The average Bonchev–Trinajstić information content (AvgIpc) is 2.32. The Kier molecular flexibility index (Phi) is 4.61. The summed E-state index contributed by atoms with van der Waals surface area (Å²) in [4.78, 5) is 12.1. The lowest BCUT2D eigenvalue weighted by molar-refractivity contribution is -0.127. The lowest BCUT2D eigenvalue weighted by atomic mass is 9.72. The number of carbonyl (C=O) groups excluding carboxylic acids is 1. The molecule has 0 amide bonds. The first-order valence-electron chi connectivity index (χ1n) is 7.46. The molecule has 0 aromatic rings. The SMILES string of the molecule is CCCC1CCC(=O)C(C2CC(C)CCN2)C1. The molecule has 2 aliphatic rings. The molecule has 1 N–H and O–H groups in total. The van der Waals surface area contributed by atoms with Crippen molar-refractivity contribution < 1.29 is 4.79 Å². The zero-order valence-electron chi connectivity index (χ0n) is 11.4. The molecule has 1 aliphatic heterocycles. The van der Waals surface area contributed by atoms with Crippen molar-refractivity contribution in [2.75, 3.05) is 6.54 Å². The van der Waals surface area contributed by atoms with Crippen LogP contribution in [0.5, 0.6) is 0 Å². The van der Waals surface area contributed by atoms with Gasteiger partial charge < -0.3 is 5.32 Å². The van der Waals surface area contributed by atoms with E-state index in [1.54, 1.807) is 0 Å². The highest BCUT2D eigenvalue weighted by Gasteiger charge is 2.35. The molecule has 2 heteroatoms. The minimum Gasteiger partial charge on any atom is -0.313 e. The van der Waals surface area contributed by atoms with Gasteiger partial charge in [0, 0.05) is 18.4 Å². The Bertz CT molecular complexity index is 264. The zero-order chi connectivity index (χ0) is 12.3. The van der Waals surface area contributed by atoms with Crippen LogP contribution in [0.15, 0.2) is 0 Å². The van der Waals surface area contributed by atoms with Gasteiger partial charge in [-0.25, -0.2) is 0 Å². The van der Waals surface area contributed by atoms with E-state index in [1.807, 2.05) is 0 Å².